The zero-order chi connectivity index (χ0) is 22.4. The van der Waals surface area contributed by atoms with Crippen molar-refractivity contribution in [3.05, 3.63) is 48.5 Å². The summed E-state index contributed by atoms with van der Waals surface area (Å²) < 4.78 is 29.1. The number of rotatable bonds is 9. The van der Waals surface area contributed by atoms with Crippen LogP contribution in [0.5, 0.6) is 5.75 Å². The number of aliphatic hydroxyl groups excluding tert-OH is 1. The highest BCUT2D eigenvalue weighted by atomic mass is 32.2. The summed E-state index contributed by atoms with van der Waals surface area (Å²) in [7, 11) is -3.31. The summed E-state index contributed by atoms with van der Waals surface area (Å²) in [6.07, 6.45) is 1.25. The van der Waals surface area contributed by atoms with Crippen molar-refractivity contribution < 1.29 is 18.3 Å². The molecule has 1 atom stereocenters. The molecular formula is C22H26N4O4S. The maximum atomic E-state index is 11.8. The summed E-state index contributed by atoms with van der Waals surface area (Å²) in [6.45, 7) is 4.67. The van der Waals surface area contributed by atoms with Crippen LogP contribution < -0.4 is 10.1 Å². The molecule has 2 N–H and O–H groups in total. The molecule has 0 aliphatic carbocycles. The van der Waals surface area contributed by atoms with E-state index in [1.165, 1.54) is 6.26 Å². The lowest BCUT2D eigenvalue weighted by Gasteiger charge is -2.13. The van der Waals surface area contributed by atoms with Crippen LogP contribution in [0.2, 0.25) is 0 Å². The third-order valence-corrected chi connectivity index (χ3v) is 5.78. The van der Waals surface area contributed by atoms with Gasteiger partial charge in [0.1, 0.15) is 17.1 Å². The van der Waals surface area contributed by atoms with Gasteiger partial charge in [0.2, 0.25) is 5.95 Å². The van der Waals surface area contributed by atoms with Crippen LogP contribution in [-0.2, 0) is 9.84 Å². The second kappa shape index (κ2) is 9.84. The summed E-state index contributed by atoms with van der Waals surface area (Å²) in [6, 6.07) is 13.9. The molecule has 0 fully saturated rings. The number of aliphatic hydroxyl groups is 1. The van der Waals surface area contributed by atoms with E-state index in [9.17, 15) is 13.5 Å². The third-order valence-electron chi connectivity index (χ3n) is 4.65. The molecular weight excluding hydrogens is 416 g/mol. The van der Waals surface area contributed by atoms with Crippen molar-refractivity contribution in [3.63, 3.8) is 0 Å². The number of hydrogen-bond acceptors (Lipinski definition) is 8. The first kappa shape index (κ1) is 22.6. The molecule has 164 valence electrons. The fourth-order valence-electron chi connectivity index (χ4n) is 2.89. The standard InChI is InChI=1S/C22H26N4O4S/c1-4-17(27)14-23-22-24-20(15-8-12-19(13-9-15)31(3,28)29)21(25-26-22)16-6-10-18(11-7-16)30-5-2/h6-13,17,27H,4-5,14H2,1-3H3,(H,23,24,26). The first-order chi connectivity index (χ1) is 14.8. The number of benzene rings is 2. The minimum Gasteiger partial charge on any atom is -0.494 e. The Bertz CT molecular complexity index is 1120. The second-order valence-electron chi connectivity index (χ2n) is 7.03. The van der Waals surface area contributed by atoms with Gasteiger partial charge < -0.3 is 15.2 Å². The fourth-order valence-corrected chi connectivity index (χ4v) is 3.52. The number of anilines is 1. The van der Waals surface area contributed by atoms with Crippen LogP contribution in [0.1, 0.15) is 20.3 Å². The van der Waals surface area contributed by atoms with Gasteiger partial charge in [0, 0.05) is 23.9 Å². The van der Waals surface area contributed by atoms with E-state index in [0.717, 1.165) is 11.3 Å². The number of sulfone groups is 1. The average Bonchev–Trinajstić information content (AvgIpc) is 2.77. The monoisotopic (exact) mass is 442 g/mol. The van der Waals surface area contributed by atoms with Gasteiger partial charge in [0.25, 0.3) is 0 Å². The molecule has 0 bridgehead atoms. The van der Waals surface area contributed by atoms with E-state index in [1.54, 1.807) is 24.3 Å². The molecule has 31 heavy (non-hydrogen) atoms. The second-order valence-corrected chi connectivity index (χ2v) is 9.05. The smallest absolute Gasteiger partial charge is 0.243 e. The first-order valence-electron chi connectivity index (χ1n) is 10.0. The maximum absolute atomic E-state index is 11.8. The zero-order valence-corrected chi connectivity index (χ0v) is 18.6. The van der Waals surface area contributed by atoms with Gasteiger partial charge >= 0.3 is 0 Å². The van der Waals surface area contributed by atoms with Crippen molar-refractivity contribution in [2.45, 2.75) is 31.3 Å². The summed E-state index contributed by atoms with van der Waals surface area (Å²) >= 11 is 0. The fraction of sp³-hybridized carbons (Fsp3) is 0.318. The number of ether oxygens (including phenoxy) is 1. The summed E-state index contributed by atoms with van der Waals surface area (Å²) in [5.74, 6) is 1.03. The molecule has 0 radical (unpaired) electrons. The minimum atomic E-state index is -3.31. The van der Waals surface area contributed by atoms with Crippen LogP contribution in [0.15, 0.2) is 53.4 Å². The third kappa shape index (κ3) is 5.77. The Hall–Kier alpha value is -3.04. The van der Waals surface area contributed by atoms with Crippen molar-refractivity contribution in [1.82, 2.24) is 15.2 Å². The number of hydrogen-bond donors (Lipinski definition) is 2. The molecule has 1 heterocycles. The Labute approximate surface area is 182 Å². The highest BCUT2D eigenvalue weighted by molar-refractivity contribution is 7.90. The molecule has 0 aliphatic rings. The molecule has 0 spiro atoms. The minimum absolute atomic E-state index is 0.227. The van der Waals surface area contributed by atoms with Crippen molar-refractivity contribution in [1.29, 1.82) is 0 Å². The SMILES string of the molecule is CCOc1ccc(-c2nnc(NCC(O)CC)nc2-c2ccc(S(C)(=O)=O)cc2)cc1. The van der Waals surface area contributed by atoms with Crippen LogP contribution in [0.4, 0.5) is 5.95 Å². The summed E-state index contributed by atoms with van der Waals surface area (Å²) in [5, 5.41) is 21.3. The van der Waals surface area contributed by atoms with Gasteiger partial charge in [-0.05, 0) is 49.7 Å². The van der Waals surface area contributed by atoms with Crippen LogP contribution >= 0.6 is 0 Å². The normalized spacial score (nSPS) is 12.4. The van der Waals surface area contributed by atoms with E-state index < -0.39 is 15.9 Å². The van der Waals surface area contributed by atoms with Crippen molar-refractivity contribution in [2.24, 2.45) is 0 Å². The largest absolute Gasteiger partial charge is 0.494 e. The highest BCUT2D eigenvalue weighted by Crippen LogP contribution is 2.30. The van der Waals surface area contributed by atoms with E-state index in [-0.39, 0.29) is 10.8 Å². The molecule has 2 aromatic carbocycles. The summed E-state index contributed by atoms with van der Waals surface area (Å²) in [4.78, 5) is 4.83. The van der Waals surface area contributed by atoms with Crippen molar-refractivity contribution in [3.8, 4) is 28.3 Å². The molecule has 3 aromatic rings. The molecule has 3 rings (SSSR count). The molecule has 1 unspecified atom stereocenters. The first-order valence-corrected chi connectivity index (χ1v) is 11.9. The predicted octanol–water partition coefficient (Wildman–Crippen LogP) is 3.19. The van der Waals surface area contributed by atoms with E-state index in [1.807, 2.05) is 38.1 Å². The molecule has 8 nitrogen and oxygen atoms in total. The van der Waals surface area contributed by atoms with Gasteiger partial charge in [0.15, 0.2) is 9.84 Å². The molecule has 0 aliphatic heterocycles. The van der Waals surface area contributed by atoms with Crippen LogP contribution in [0.3, 0.4) is 0 Å². The van der Waals surface area contributed by atoms with E-state index in [0.29, 0.717) is 36.5 Å². The lowest BCUT2D eigenvalue weighted by Crippen LogP contribution is -2.20. The van der Waals surface area contributed by atoms with Crippen LogP contribution in [-0.4, -0.2) is 54.2 Å². The van der Waals surface area contributed by atoms with Gasteiger partial charge in [-0.1, -0.05) is 19.1 Å². The molecule has 1 aromatic heterocycles. The topological polar surface area (TPSA) is 114 Å². The van der Waals surface area contributed by atoms with E-state index in [4.69, 9.17) is 4.74 Å². The highest BCUT2D eigenvalue weighted by Gasteiger charge is 2.16. The number of aromatic nitrogens is 3. The predicted molar refractivity (Wildman–Crippen MR) is 120 cm³/mol. The van der Waals surface area contributed by atoms with Gasteiger partial charge in [-0.3, -0.25) is 0 Å². The van der Waals surface area contributed by atoms with Crippen molar-refractivity contribution >= 4 is 15.8 Å². The lowest BCUT2D eigenvalue weighted by molar-refractivity contribution is 0.183. The van der Waals surface area contributed by atoms with E-state index >= 15 is 0 Å². The van der Waals surface area contributed by atoms with Crippen LogP contribution in [0, 0.1) is 0 Å². The molecule has 0 amide bonds. The molecule has 0 saturated carbocycles. The Balaban J connectivity index is 2.03. The number of nitrogens with zero attached hydrogens (tertiary/aromatic N) is 3. The summed E-state index contributed by atoms with van der Waals surface area (Å²) in [5.41, 5.74) is 2.60. The van der Waals surface area contributed by atoms with Gasteiger partial charge in [-0.2, -0.15) is 0 Å². The van der Waals surface area contributed by atoms with Gasteiger partial charge in [-0.15, -0.1) is 10.2 Å². The quantitative estimate of drug-likeness (QED) is 0.519. The molecule has 9 heteroatoms. The number of nitrogens with one attached hydrogen (secondary N) is 1. The zero-order valence-electron chi connectivity index (χ0n) is 17.7. The Morgan fingerprint density at radius 3 is 2.16 bits per heavy atom. The van der Waals surface area contributed by atoms with Crippen LogP contribution in [0.25, 0.3) is 22.5 Å². The van der Waals surface area contributed by atoms with E-state index in [2.05, 4.69) is 20.5 Å². The van der Waals surface area contributed by atoms with Gasteiger partial charge in [-0.25, -0.2) is 13.4 Å². The van der Waals surface area contributed by atoms with Gasteiger partial charge in [0.05, 0.1) is 17.6 Å². The van der Waals surface area contributed by atoms with Crippen molar-refractivity contribution in [2.75, 3.05) is 24.7 Å². The Kier molecular flexibility index (Phi) is 7.19. The lowest BCUT2D eigenvalue weighted by atomic mass is 10.0. The maximum Gasteiger partial charge on any atom is 0.243 e. The average molecular weight is 443 g/mol. The Morgan fingerprint density at radius 1 is 0.968 bits per heavy atom. The molecule has 0 saturated heterocycles. The Morgan fingerprint density at radius 2 is 1.58 bits per heavy atom.